The van der Waals surface area contributed by atoms with E-state index in [0.717, 1.165) is 20.3 Å². The third-order valence-electron chi connectivity index (χ3n) is 2.20. The number of hydrogen-bond donors (Lipinski definition) is 0. The summed E-state index contributed by atoms with van der Waals surface area (Å²) >= 11 is 6.76. The first-order valence-electron chi connectivity index (χ1n) is 5.26. The van der Waals surface area contributed by atoms with Gasteiger partial charge in [-0.25, -0.2) is 4.98 Å². The Bertz CT molecular complexity index is 546. The van der Waals surface area contributed by atoms with Gasteiger partial charge in [-0.2, -0.15) is 0 Å². The Balaban J connectivity index is 2.20. The van der Waals surface area contributed by atoms with Crippen molar-refractivity contribution >= 4 is 31.9 Å². The summed E-state index contributed by atoms with van der Waals surface area (Å²) in [7, 11) is 1.67. The van der Waals surface area contributed by atoms with E-state index in [1.165, 1.54) is 0 Å². The summed E-state index contributed by atoms with van der Waals surface area (Å²) in [5.74, 6) is 1.27. The molecule has 0 aliphatic carbocycles. The molecule has 2 rings (SSSR count). The fraction of sp³-hybridized carbons (Fsp3) is 0.154. The number of nitrogens with zero attached hydrogens (tertiary/aromatic N) is 1. The van der Waals surface area contributed by atoms with Crippen LogP contribution in [-0.2, 0) is 11.3 Å². The van der Waals surface area contributed by atoms with Crippen molar-refractivity contribution in [1.29, 1.82) is 0 Å². The summed E-state index contributed by atoms with van der Waals surface area (Å²) < 4.78 is 12.5. The smallest absolute Gasteiger partial charge is 0.233 e. The molecule has 0 amide bonds. The molecule has 0 aliphatic rings. The molecule has 0 N–H and O–H groups in total. The van der Waals surface area contributed by atoms with E-state index in [9.17, 15) is 0 Å². The van der Waals surface area contributed by atoms with Crippen LogP contribution in [0.1, 0.15) is 5.56 Å². The highest BCUT2D eigenvalue weighted by Gasteiger charge is 2.05. The topological polar surface area (TPSA) is 31.4 Å². The molecule has 0 fully saturated rings. The molecule has 1 aromatic heterocycles. The van der Waals surface area contributed by atoms with Crippen molar-refractivity contribution in [3.05, 3.63) is 51.0 Å². The minimum Gasteiger partial charge on any atom is -0.438 e. The molecule has 5 heteroatoms. The van der Waals surface area contributed by atoms with E-state index >= 15 is 0 Å². The van der Waals surface area contributed by atoms with Gasteiger partial charge in [-0.05, 0) is 55.6 Å². The lowest BCUT2D eigenvalue weighted by Gasteiger charge is -2.08. The standard InChI is InChI=1S/C13H11Br2NO2/c1-17-8-9-3-2-4-11(5-9)18-13-12(15)6-10(14)7-16-13/h2-7H,8H2,1H3. The van der Waals surface area contributed by atoms with Crippen LogP contribution in [0.2, 0.25) is 0 Å². The molecule has 0 atom stereocenters. The van der Waals surface area contributed by atoms with Crippen molar-refractivity contribution in [3.63, 3.8) is 0 Å². The molecule has 0 saturated carbocycles. The second-order valence-electron chi connectivity index (χ2n) is 3.62. The average molecular weight is 373 g/mol. The maximum absolute atomic E-state index is 5.72. The predicted octanol–water partition coefficient (Wildman–Crippen LogP) is 4.55. The minimum atomic E-state index is 0.535. The van der Waals surface area contributed by atoms with Crippen LogP contribution in [0.4, 0.5) is 0 Å². The third-order valence-corrected chi connectivity index (χ3v) is 3.20. The van der Waals surface area contributed by atoms with E-state index in [1.807, 2.05) is 30.3 Å². The molecule has 0 spiro atoms. The predicted molar refractivity (Wildman–Crippen MR) is 76.9 cm³/mol. The molecular weight excluding hydrogens is 362 g/mol. The number of benzene rings is 1. The van der Waals surface area contributed by atoms with Gasteiger partial charge in [0, 0.05) is 17.8 Å². The Hall–Kier alpha value is -0.910. The number of pyridine rings is 1. The highest BCUT2D eigenvalue weighted by Crippen LogP contribution is 2.29. The Kier molecular flexibility index (Phi) is 4.74. The van der Waals surface area contributed by atoms with Gasteiger partial charge in [0.05, 0.1) is 11.1 Å². The van der Waals surface area contributed by atoms with Crippen LogP contribution in [0.15, 0.2) is 45.5 Å². The fourth-order valence-electron chi connectivity index (χ4n) is 1.45. The molecule has 0 aliphatic heterocycles. The van der Waals surface area contributed by atoms with Crippen LogP contribution in [0, 0.1) is 0 Å². The number of halogens is 2. The molecule has 94 valence electrons. The maximum Gasteiger partial charge on any atom is 0.233 e. The lowest BCUT2D eigenvalue weighted by Crippen LogP contribution is -1.91. The fourth-order valence-corrected chi connectivity index (χ4v) is 2.52. The number of methoxy groups -OCH3 is 1. The van der Waals surface area contributed by atoms with Gasteiger partial charge >= 0.3 is 0 Å². The maximum atomic E-state index is 5.72. The summed E-state index contributed by atoms with van der Waals surface area (Å²) in [4.78, 5) is 4.20. The largest absolute Gasteiger partial charge is 0.438 e. The van der Waals surface area contributed by atoms with Gasteiger partial charge < -0.3 is 9.47 Å². The number of hydrogen-bond acceptors (Lipinski definition) is 3. The molecule has 2 aromatic rings. The van der Waals surface area contributed by atoms with Gasteiger partial charge in [0.1, 0.15) is 5.75 Å². The Labute approximate surface area is 122 Å². The monoisotopic (exact) mass is 371 g/mol. The first-order valence-corrected chi connectivity index (χ1v) is 6.84. The van der Waals surface area contributed by atoms with Gasteiger partial charge in [0.25, 0.3) is 0 Å². The van der Waals surface area contributed by atoms with Gasteiger partial charge in [0.15, 0.2) is 0 Å². The highest BCUT2D eigenvalue weighted by atomic mass is 79.9. The summed E-state index contributed by atoms with van der Waals surface area (Å²) in [6.07, 6.45) is 1.69. The summed E-state index contributed by atoms with van der Waals surface area (Å²) in [6, 6.07) is 9.62. The van der Waals surface area contributed by atoms with Gasteiger partial charge in [-0.15, -0.1) is 0 Å². The molecule has 1 heterocycles. The molecule has 0 unspecified atom stereocenters. The molecule has 18 heavy (non-hydrogen) atoms. The first-order chi connectivity index (χ1) is 8.69. The Morgan fingerprint density at radius 2 is 2.06 bits per heavy atom. The average Bonchev–Trinajstić information content (AvgIpc) is 2.34. The van der Waals surface area contributed by atoms with Crippen molar-refractivity contribution in [2.24, 2.45) is 0 Å². The van der Waals surface area contributed by atoms with Crippen LogP contribution in [0.3, 0.4) is 0 Å². The quantitative estimate of drug-likeness (QED) is 0.789. The van der Waals surface area contributed by atoms with Crippen molar-refractivity contribution in [3.8, 4) is 11.6 Å². The van der Waals surface area contributed by atoms with Gasteiger partial charge in [0.2, 0.25) is 5.88 Å². The zero-order chi connectivity index (χ0) is 13.0. The lowest BCUT2D eigenvalue weighted by molar-refractivity contribution is 0.184. The first kappa shape index (κ1) is 13.5. The molecule has 1 aromatic carbocycles. The van der Waals surface area contributed by atoms with E-state index in [2.05, 4.69) is 36.8 Å². The highest BCUT2D eigenvalue weighted by molar-refractivity contribution is 9.11. The number of rotatable bonds is 4. The van der Waals surface area contributed by atoms with Crippen molar-refractivity contribution in [2.45, 2.75) is 6.61 Å². The van der Waals surface area contributed by atoms with Crippen LogP contribution in [0.25, 0.3) is 0 Å². The third kappa shape index (κ3) is 3.54. The lowest BCUT2D eigenvalue weighted by atomic mass is 10.2. The van der Waals surface area contributed by atoms with E-state index in [0.29, 0.717) is 12.5 Å². The minimum absolute atomic E-state index is 0.535. The van der Waals surface area contributed by atoms with E-state index in [-0.39, 0.29) is 0 Å². The molecule has 0 bridgehead atoms. The zero-order valence-corrected chi connectivity index (χ0v) is 12.9. The summed E-state index contributed by atoms with van der Waals surface area (Å²) in [5, 5.41) is 0. The SMILES string of the molecule is COCc1cccc(Oc2ncc(Br)cc2Br)c1. The number of ether oxygens (including phenoxy) is 2. The number of aromatic nitrogens is 1. The van der Waals surface area contributed by atoms with Crippen LogP contribution >= 0.6 is 31.9 Å². The molecule has 3 nitrogen and oxygen atoms in total. The summed E-state index contributed by atoms with van der Waals surface area (Å²) in [6.45, 7) is 0.562. The van der Waals surface area contributed by atoms with Crippen LogP contribution in [0.5, 0.6) is 11.6 Å². The Morgan fingerprint density at radius 1 is 1.22 bits per heavy atom. The van der Waals surface area contributed by atoms with Gasteiger partial charge in [-0.1, -0.05) is 12.1 Å². The van der Waals surface area contributed by atoms with Crippen LogP contribution in [-0.4, -0.2) is 12.1 Å². The molecular formula is C13H11Br2NO2. The zero-order valence-electron chi connectivity index (χ0n) is 9.69. The summed E-state index contributed by atoms with van der Waals surface area (Å²) in [5.41, 5.74) is 1.06. The molecule has 0 saturated heterocycles. The van der Waals surface area contributed by atoms with Crippen molar-refractivity contribution in [1.82, 2.24) is 4.98 Å². The Morgan fingerprint density at radius 3 is 2.78 bits per heavy atom. The van der Waals surface area contributed by atoms with E-state index in [4.69, 9.17) is 9.47 Å². The molecule has 0 radical (unpaired) electrons. The second-order valence-corrected chi connectivity index (χ2v) is 5.39. The van der Waals surface area contributed by atoms with Crippen LogP contribution < -0.4 is 4.74 Å². The second kappa shape index (κ2) is 6.31. The van der Waals surface area contributed by atoms with E-state index in [1.54, 1.807) is 13.3 Å². The normalized spacial score (nSPS) is 10.4. The van der Waals surface area contributed by atoms with Gasteiger partial charge in [-0.3, -0.25) is 0 Å². The van der Waals surface area contributed by atoms with Crippen molar-refractivity contribution in [2.75, 3.05) is 7.11 Å². The van der Waals surface area contributed by atoms with E-state index < -0.39 is 0 Å². The van der Waals surface area contributed by atoms with Crippen molar-refractivity contribution < 1.29 is 9.47 Å².